The number of halogens is 1. The number of methoxy groups -OCH3 is 1. The summed E-state index contributed by atoms with van der Waals surface area (Å²) < 4.78 is 22.8. The van der Waals surface area contributed by atoms with E-state index in [0.717, 1.165) is 47.2 Å². The molecule has 1 saturated heterocycles. The molecule has 2 heterocycles. The van der Waals surface area contributed by atoms with Crippen LogP contribution in [0.2, 0.25) is 0 Å². The third kappa shape index (κ3) is 5.58. The highest BCUT2D eigenvalue weighted by Crippen LogP contribution is 2.26. The van der Waals surface area contributed by atoms with Gasteiger partial charge in [-0.1, -0.05) is 24.3 Å². The fourth-order valence-corrected chi connectivity index (χ4v) is 4.43. The second-order valence-electron chi connectivity index (χ2n) is 7.65. The van der Waals surface area contributed by atoms with Crippen LogP contribution in [0.3, 0.4) is 0 Å². The molecule has 0 aliphatic carbocycles. The average molecular weight is 441 g/mol. The zero-order valence-electron chi connectivity index (χ0n) is 17.4. The van der Waals surface area contributed by atoms with Gasteiger partial charge in [-0.15, -0.1) is 0 Å². The van der Waals surface area contributed by atoms with Crippen LogP contribution >= 0.6 is 11.5 Å². The molecule has 162 valence electrons. The lowest BCUT2D eigenvalue weighted by Crippen LogP contribution is -2.43. The second-order valence-corrected chi connectivity index (χ2v) is 8.38. The summed E-state index contributed by atoms with van der Waals surface area (Å²) in [5, 5.41) is 3.83. The Morgan fingerprint density at radius 1 is 1.26 bits per heavy atom. The second kappa shape index (κ2) is 9.87. The van der Waals surface area contributed by atoms with Crippen LogP contribution in [0.5, 0.6) is 5.75 Å². The minimum atomic E-state index is -0.277. The van der Waals surface area contributed by atoms with Crippen LogP contribution in [0.4, 0.5) is 9.52 Å². The van der Waals surface area contributed by atoms with Crippen molar-refractivity contribution in [3.05, 3.63) is 71.3 Å². The van der Waals surface area contributed by atoms with Crippen molar-refractivity contribution in [1.82, 2.24) is 14.7 Å². The van der Waals surface area contributed by atoms with Crippen LogP contribution in [0, 0.1) is 11.7 Å². The van der Waals surface area contributed by atoms with Gasteiger partial charge in [-0.05, 0) is 48.2 Å². The Balaban J connectivity index is 1.33. The van der Waals surface area contributed by atoms with Gasteiger partial charge in [0, 0.05) is 37.6 Å². The highest BCUT2D eigenvalue weighted by molar-refractivity contribution is 7.09. The third-order valence-electron chi connectivity index (χ3n) is 5.40. The van der Waals surface area contributed by atoms with Crippen molar-refractivity contribution in [3.8, 4) is 5.75 Å². The van der Waals surface area contributed by atoms with Crippen LogP contribution < -0.4 is 15.0 Å². The van der Waals surface area contributed by atoms with E-state index in [4.69, 9.17) is 9.72 Å². The van der Waals surface area contributed by atoms with Crippen LogP contribution in [0.25, 0.3) is 0 Å². The Morgan fingerprint density at radius 2 is 2.10 bits per heavy atom. The van der Waals surface area contributed by atoms with E-state index < -0.39 is 0 Å². The number of carbonyl (C=O) groups excluding carboxylic acids is 1. The molecule has 1 aliphatic rings. The molecule has 0 spiro atoms. The van der Waals surface area contributed by atoms with Crippen molar-refractivity contribution in [3.63, 3.8) is 0 Å². The van der Waals surface area contributed by atoms with Gasteiger partial charge in [0.15, 0.2) is 0 Å². The maximum atomic E-state index is 13.0. The number of amides is 1. The van der Waals surface area contributed by atoms with Gasteiger partial charge in [0.1, 0.15) is 17.4 Å². The Bertz CT molecular complexity index is 1020. The van der Waals surface area contributed by atoms with E-state index in [-0.39, 0.29) is 17.6 Å². The molecule has 6 nitrogen and oxygen atoms in total. The molecular weight excluding hydrogens is 415 g/mol. The molecule has 1 fully saturated rings. The number of hydrogen-bond acceptors (Lipinski definition) is 6. The summed E-state index contributed by atoms with van der Waals surface area (Å²) in [5.74, 6) is 1.24. The summed E-state index contributed by atoms with van der Waals surface area (Å²) in [5.41, 5.74) is 1.98. The summed E-state index contributed by atoms with van der Waals surface area (Å²) in [6.45, 7) is 1.90. The number of hydrogen-bond donors (Lipinski definition) is 1. The van der Waals surface area contributed by atoms with Crippen molar-refractivity contribution < 1.29 is 13.9 Å². The third-order valence-corrected chi connectivity index (χ3v) is 6.21. The highest BCUT2D eigenvalue weighted by atomic mass is 32.1. The molecule has 0 radical (unpaired) electrons. The van der Waals surface area contributed by atoms with E-state index in [1.54, 1.807) is 19.2 Å². The lowest BCUT2D eigenvalue weighted by molar-refractivity contribution is -0.125. The lowest BCUT2D eigenvalue weighted by atomic mass is 9.97. The van der Waals surface area contributed by atoms with E-state index in [1.165, 1.54) is 23.7 Å². The van der Waals surface area contributed by atoms with Gasteiger partial charge >= 0.3 is 0 Å². The fourth-order valence-electron chi connectivity index (χ4n) is 3.71. The molecule has 3 aromatic rings. The number of benzene rings is 2. The molecular formula is C23H25FN4O2S. The Hall–Kier alpha value is -3.00. The monoisotopic (exact) mass is 440 g/mol. The molecule has 31 heavy (non-hydrogen) atoms. The molecule has 1 aliphatic heterocycles. The first-order chi connectivity index (χ1) is 15.1. The molecule has 1 atom stereocenters. The number of nitrogens with one attached hydrogen (secondary N) is 1. The number of piperidine rings is 1. The molecule has 1 unspecified atom stereocenters. The van der Waals surface area contributed by atoms with Gasteiger partial charge in [-0.25, -0.2) is 9.37 Å². The van der Waals surface area contributed by atoms with Gasteiger partial charge < -0.3 is 15.0 Å². The van der Waals surface area contributed by atoms with E-state index in [1.807, 2.05) is 24.3 Å². The maximum Gasteiger partial charge on any atom is 0.225 e. The number of nitrogens with zero attached hydrogens (tertiary/aromatic N) is 3. The Labute approximate surface area is 185 Å². The summed E-state index contributed by atoms with van der Waals surface area (Å²) in [6, 6.07) is 14.1. The molecule has 1 aromatic heterocycles. The summed E-state index contributed by atoms with van der Waals surface area (Å²) in [4.78, 5) is 19.5. The van der Waals surface area contributed by atoms with E-state index in [0.29, 0.717) is 19.5 Å². The average Bonchev–Trinajstić information content (AvgIpc) is 3.27. The minimum absolute atomic E-state index is 0.0233. The van der Waals surface area contributed by atoms with Crippen molar-refractivity contribution >= 4 is 22.6 Å². The van der Waals surface area contributed by atoms with Crippen LogP contribution in [0.15, 0.2) is 48.5 Å². The van der Waals surface area contributed by atoms with E-state index in [9.17, 15) is 9.18 Å². The van der Waals surface area contributed by atoms with Crippen molar-refractivity contribution in [2.75, 3.05) is 25.1 Å². The van der Waals surface area contributed by atoms with Gasteiger partial charge in [0.05, 0.1) is 13.0 Å². The molecule has 0 saturated carbocycles. The zero-order chi connectivity index (χ0) is 21.6. The van der Waals surface area contributed by atoms with Crippen LogP contribution in [0.1, 0.15) is 29.8 Å². The number of ether oxygens (including phenoxy) is 1. The smallest absolute Gasteiger partial charge is 0.225 e. The van der Waals surface area contributed by atoms with Gasteiger partial charge in [0.2, 0.25) is 11.0 Å². The first-order valence-corrected chi connectivity index (χ1v) is 11.1. The van der Waals surface area contributed by atoms with Gasteiger partial charge in [-0.2, -0.15) is 4.37 Å². The number of anilines is 1. The molecule has 8 heteroatoms. The summed E-state index contributed by atoms with van der Waals surface area (Å²) >= 11 is 1.38. The molecule has 2 aromatic carbocycles. The quantitative estimate of drug-likeness (QED) is 0.605. The number of aromatic nitrogens is 2. The van der Waals surface area contributed by atoms with Crippen molar-refractivity contribution in [1.29, 1.82) is 0 Å². The predicted molar refractivity (Wildman–Crippen MR) is 119 cm³/mol. The molecule has 1 amide bonds. The lowest BCUT2D eigenvalue weighted by Gasteiger charge is -2.31. The predicted octanol–water partition coefficient (Wildman–Crippen LogP) is 3.81. The van der Waals surface area contributed by atoms with Gasteiger partial charge in [0.25, 0.3) is 0 Å². The minimum Gasteiger partial charge on any atom is -0.497 e. The first-order valence-electron chi connectivity index (χ1n) is 10.3. The first kappa shape index (κ1) is 21.2. The maximum absolute atomic E-state index is 13.0. The van der Waals surface area contributed by atoms with Crippen molar-refractivity contribution in [2.45, 2.75) is 25.8 Å². The highest BCUT2D eigenvalue weighted by Gasteiger charge is 2.27. The van der Waals surface area contributed by atoms with E-state index >= 15 is 0 Å². The largest absolute Gasteiger partial charge is 0.497 e. The van der Waals surface area contributed by atoms with Crippen LogP contribution in [-0.4, -0.2) is 35.5 Å². The molecule has 4 rings (SSSR count). The topological polar surface area (TPSA) is 67.3 Å². The molecule has 1 N–H and O–H groups in total. The fraction of sp³-hybridized carbons (Fsp3) is 0.348. The molecule has 0 bridgehead atoms. The SMILES string of the molecule is COc1cccc(Cc2nsc(N3CCCC(C(=O)NCc4ccc(F)cc4)C3)n2)c1. The standard InChI is InChI=1S/C23H25FN4O2S/c1-30-20-6-2-4-17(12-20)13-21-26-23(31-27-21)28-11-3-5-18(15-28)22(29)25-14-16-7-9-19(24)10-8-16/h2,4,6-10,12,18H,3,5,11,13-15H2,1H3,(H,25,29). The van der Waals surface area contributed by atoms with E-state index in [2.05, 4.69) is 14.6 Å². The van der Waals surface area contributed by atoms with Crippen LogP contribution in [-0.2, 0) is 17.8 Å². The number of carbonyl (C=O) groups is 1. The Morgan fingerprint density at radius 3 is 2.90 bits per heavy atom. The zero-order valence-corrected chi connectivity index (χ0v) is 18.2. The number of rotatable bonds is 7. The van der Waals surface area contributed by atoms with Gasteiger partial charge in [-0.3, -0.25) is 4.79 Å². The van der Waals surface area contributed by atoms with Crippen molar-refractivity contribution in [2.24, 2.45) is 5.92 Å². The summed E-state index contributed by atoms with van der Waals surface area (Å²) in [6.07, 6.45) is 2.42. The summed E-state index contributed by atoms with van der Waals surface area (Å²) in [7, 11) is 1.65. The normalized spacial score (nSPS) is 16.2. The Kier molecular flexibility index (Phi) is 6.76.